The summed E-state index contributed by atoms with van der Waals surface area (Å²) in [5.74, 6) is -0.448. The van der Waals surface area contributed by atoms with Crippen LogP contribution in [-0.2, 0) is 6.18 Å². The van der Waals surface area contributed by atoms with Gasteiger partial charge in [-0.1, -0.05) is 34.8 Å². The Morgan fingerprint density at radius 3 is 2.32 bits per heavy atom. The molecule has 1 aromatic rings. The number of rotatable bonds is 2. The molecule has 0 saturated carbocycles. The van der Waals surface area contributed by atoms with E-state index >= 15 is 0 Å². The number of hydrogen-bond acceptors (Lipinski definition) is 1. The predicted molar refractivity (Wildman–Crippen MR) is 85.8 cm³/mol. The van der Waals surface area contributed by atoms with Gasteiger partial charge >= 0.3 is 6.18 Å². The molecule has 0 amide bonds. The van der Waals surface area contributed by atoms with E-state index in [1.165, 1.54) is 12.1 Å². The lowest BCUT2D eigenvalue weighted by Gasteiger charge is -2.27. The van der Waals surface area contributed by atoms with Gasteiger partial charge in [-0.15, -0.1) is 0 Å². The van der Waals surface area contributed by atoms with Crippen molar-refractivity contribution in [2.45, 2.75) is 18.5 Å². The van der Waals surface area contributed by atoms with E-state index in [0.717, 1.165) is 12.1 Å². The van der Waals surface area contributed by atoms with Crippen molar-refractivity contribution >= 4 is 40.5 Å². The van der Waals surface area contributed by atoms with Crippen LogP contribution in [-0.4, -0.2) is 14.1 Å². The van der Waals surface area contributed by atoms with Crippen LogP contribution in [0, 0.1) is 0 Å². The molecule has 2 rings (SSSR count). The van der Waals surface area contributed by atoms with Crippen LogP contribution in [0.5, 0.6) is 0 Å². The van der Waals surface area contributed by atoms with Gasteiger partial charge in [-0.05, 0) is 36.3 Å². The third-order valence-electron chi connectivity index (χ3n) is 3.45. The average molecular weight is 371 g/mol. The van der Waals surface area contributed by atoms with Crippen molar-refractivity contribution in [1.29, 1.82) is 0 Å². The monoisotopic (exact) mass is 369 g/mol. The highest BCUT2D eigenvalue weighted by Crippen LogP contribution is 2.45. The Bertz CT molecular complexity index is 648. The fourth-order valence-corrected chi connectivity index (χ4v) is 3.11. The lowest BCUT2D eigenvalue weighted by atomic mass is 9.89. The van der Waals surface area contributed by atoms with E-state index in [4.69, 9.17) is 34.8 Å². The van der Waals surface area contributed by atoms with E-state index in [0.29, 0.717) is 26.3 Å². The molecule has 120 valence electrons. The molecule has 1 atom stereocenters. The van der Waals surface area contributed by atoms with Gasteiger partial charge in [-0.3, -0.25) is 0 Å². The largest absolute Gasteiger partial charge is 0.416 e. The van der Waals surface area contributed by atoms with Gasteiger partial charge in [0.25, 0.3) is 0 Å². The number of hydrogen-bond donors (Lipinski definition) is 0. The molecule has 22 heavy (non-hydrogen) atoms. The lowest BCUT2D eigenvalue weighted by Crippen LogP contribution is -2.16. The molecule has 0 radical (unpaired) electrons. The van der Waals surface area contributed by atoms with Crippen molar-refractivity contribution in [2.75, 3.05) is 19.0 Å². The van der Waals surface area contributed by atoms with Gasteiger partial charge in [0.1, 0.15) is 0 Å². The standard InChI is InChI=1S/C15H13Cl3F3N/c1-22(2)14-4-3-8(15(19,20)21)5-10(14)9-6-12(17)13(18)7-11(9)16/h3-5,7,9H,6H2,1-2H3. The highest BCUT2D eigenvalue weighted by Gasteiger charge is 2.33. The number of halogens is 6. The SMILES string of the molecule is CN(C)c1ccc(C(F)(F)F)cc1C1CC(Cl)=C(Cl)C=C1Cl. The zero-order chi connectivity index (χ0) is 16.7. The van der Waals surface area contributed by atoms with Gasteiger partial charge < -0.3 is 4.90 Å². The first-order chi connectivity index (χ1) is 10.1. The summed E-state index contributed by atoms with van der Waals surface area (Å²) in [6.45, 7) is 0. The van der Waals surface area contributed by atoms with Gasteiger partial charge in [0.05, 0.1) is 10.6 Å². The van der Waals surface area contributed by atoms with Crippen LogP contribution >= 0.6 is 34.8 Å². The molecule has 1 aliphatic carbocycles. The maximum Gasteiger partial charge on any atom is 0.416 e. The maximum atomic E-state index is 13.0. The molecule has 0 N–H and O–H groups in total. The first-order valence-corrected chi connectivity index (χ1v) is 7.54. The minimum absolute atomic E-state index is 0.276. The summed E-state index contributed by atoms with van der Waals surface area (Å²) < 4.78 is 39.0. The average Bonchev–Trinajstić information content (AvgIpc) is 2.41. The zero-order valence-corrected chi connectivity index (χ0v) is 14.1. The summed E-state index contributed by atoms with van der Waals surface area (Å²) in [4.78, 5) is 1.74. The summed E-state index contributed by atoms with van der Waals surface area (Å²) >= 11 is 18.2. The fraction of sp³-hybridized carbons (Fsp3) is 0.333. The highest BCUT2D eigenvalue weighted by molar-refractivity contribution is 6.42. The molecule has 0 aromatic heterocycles. The molecular formula is C15H13Cl3F3N. The van der Waals surface area contributed by atoms with Gasteiger partial charge in [0, 0.05) is 35.8 Å². The Labute approximate surface area is 141 Å². The Kier molecular flexibility index (Phi) is 5.05. The molecule has 1 aromatic carbocycles. The number of nitrogens with zero attached hydrogens (tertiary/aromatic N) is 1. The first kappa shape index (κ1) is 17.5. The Balaban J connectivity index is 2.56. The van der Waals surface area contributed by atoms with E-state index in [9.17, 15) is 13.2 Å². The molecule has 7 heteroatoms. The van der Waals surface area contributed by atoms with Crippen molar-refractivity contribution in [1.82, 2.24) is 0 Å². The first-order valence-electron chi connectivity index (χ1n) is 6.41. The molecule has 0 saturated heterocycles. The number of benzene rings is 1. The van der Waals surface area contributed by atoms with E-state index in [2.05, 4.69) is 0 Å². The summed E-state index contributed by atoms with van der Waals surface area (Å²) in [5, 5.41) is 1.08. The summed E-state index contributed by atoms with van der Waals surface area (Å²) in [5.41, 5.74) is 0.421. The van der Waals surface area contributed by atoms with Crippen molar-refractivity contribution < 1.29 is 13.2 Å². The third-order valence-corrected chi connectivity index (χ3v) is 4.62. The fourth-order valence-electron chi connectivity index (χ4n) is 2.35. The van der Waals surface area contributed by atoms with E-state index in [-0.39, 0.29) is 6.42 Å². The minimum Gasteiger partial charge on any atom is -0.377 e. The molecule has 0 fully saturated rings. The van der Waals surface area contributed by atoms with Crippen LogP contribution in [0.1, 0.15) is 23.5 Å². The van der Waals surface area contributed by atoms with E-state index in [1.807, 2.05) is 0 Å². The number of allylic oxidation sites excluding steroid dienone is 4. The maximum absolute atomic E-state index is 13.0. The van der Waals surface area contributed by atoms with Crippen molar-refractivity contribution in [3.05, 3.63) is 50.5 Å². The van der Waals surface area contributed by atoms with Gasteiger partial charge in [0.15, 0.2) is 0 Å². The van der Waals surface area contributed by atoms with E-state index < -0.39 is 17.7 Å². The Morgan fingerprint density at radius 1 is 1.14 bits per heavy atom. The second kappa shape index (κ2) is 6.34. The Hall–Kier alpha value is -0.840. The van der Waals surface area contributed by atoms with Crippen molar-refractivity contribution in [2.24, 2.45) is 0 Å². The van der Waals surface area contributed by atoms with E-state index in [1.54, 1.807) is 19.0 Å². The summed E-state index contributed by atoms with van der Waals surface area (Å²) in [6, 6.07) is 3.62. The normalized spacial score (nSPS) is 19.3. The van der Waals surface area contributed by atoms with Crippen molar-refractivity contribution in [3.63, 3.8) is 0 Å². The second-order valence-corrected chi connectivity index (χ2v) is 6.50. The van der Waals surface area contributed by atoms with Gasteiger partial charge in [0.2, 0.25) is 0 Å². The Morgan fingerprint density at radius 2 is 1.77 bits per heavy atom. The lowest BCUT2D eigenvalue weighted by molar-refractivity contribution is -0.137. The molecule has 1 unspecified atom stereocenters. The van der Waals surface area contributed by atoms with Crippen LogP contribution < -0.4 is 4.90 Å². The minimum atomic E-state index is -4.41. The van der Waals surface area contributed by atoms with Crippen LogP contribution in [0.25, 0.3) is 0 Å². The quantitative estimate of drug-likeness (QED) is 0.610. The molecule has 0 spiro atoms. The summed E-state index contributed by atoms with van der Waals surface area (Å²) in [6.07, 6.45) is -2.65. The molecule has 0 aliphatic heterocycles. The topological polar surface area (TPSA) is 3.24 Å². The van der Waals surface area contributed by atoms with Gasteiger partial charge in [-0.25, -0.2) is 0 Å². The molecular weight excluding hydrogens is 358 g/mol. The van der Waals surface area contributed by atoms with Gasteiger partial charge in [-0.2, -0.15) is 13.2 Å². The second-order valence-electron chi connectivity index (χ2n) is 5.20. The highest BCUT2D eigenvalue weighted by atomic mass is 35.5. The summed E-state index contributed by atoms with van der Waals surface area (Å²) in [7, 11) is 3.52. The van der Waals surface area contributed by atoms with Crippen LogP contribution in [0.3, 0.4) is 0 Å². The zero-order valence-electron chi connectivity index (χ0n) is 11.8. The molecule has 0 heterocycles. The number of anilines is 1. The molecule has 0 bridgehead atoms. The molecule has 1 nitrogen and oxygen atoms in total. The predicted octanol–water partition coefficient (Wildman–Crippen LogP) is 6.07. The van der Waals surface area contributed by atoms with Crippen LogP contribution in [0.15, 0.2) is 39.4 Å². The number of alkyl halides is 3. The smallest absolute Gasteiger partial charge is 0.377 e. The third kappa shape index (κ3) is 3.55. The van der Waals surface area contributed by atoms with Crippen molar-refractivity contribution in [3.8, 4) is 0 Å². The van der Waals surface area contributed by atoms with Crippen LogP contribution in [0.4, 0.5) is 18.9 Å². The van der Waals surface area contributed by atoms with Crippen LogP contribution in [0.2, 0.25) is 0 Å². The molecule has 1 aliphatic rings.